The molecule has 2 atom stereocenters. The van der Waals surface area contributed by atoms with E-state index < -0.39 is 34.0 Å². The van der Waals surface area contributed by atoms with E-state index in [-0.39, 0.29) is 10.7 Å². The first-order valence-electron chi connectivity index (χ1n) is 8.95. The molecular weight excluding hydrogens is 394 g/mol. The van der Waals surface area contributed by atoms with Crippen LogP contribution in [0, 0.1) is 6.92 Å². The fraction of sp³-hybridized carbons (Fsp3) is 0.250. The summed E-state index contributed by atoms with van der Waals surface area (Å²) in [6.45, 7) is 4.85. The molecule has 1 amide bonds. The lowest BCUT2D eigenvalue weighted by atomic mass is 10.2. The number of nitrogens with zero attached hydrogens (tertiary/aromatic N) is 1. The van der Waals surface area contributed by atoms with E-state index >= 15 is 0 Å². The number of carbonyl (C=O) groups is 2. The van der Waals surface area contributed by atoms with Crippen LogP contribution in [0.15, 0.2) is 58.4 Å². The number of sulfonamides is 1. The SMILES string of the molecule is Cc1ccc(NC(=O)[C@@H](C)OC(=O)[C@H](C)N=C2NS(=O)(=O)c3ccccc32)cc1. The normalized spacial score (nSPS) is 17.7. The number of nitrogens with one attached hydrogen (secondary N) is 2. The molecule has 2 N–H and O–H groups in total. The molecule has 2 aromatic carbocycles. The monoisotopic (exact) mass is 415 g/mol. The Balaban J connectivity index is 1.65. The molecule has 0 saturated carbocycles. The molecule has 0 bridgehead atoms. The van der Waals surface area contributed by atoms with Gasteiger partial charge in [-0.2, -0.15) is 0 Å². The van der Waals surface area contributed by atoms with Crippen molar-refractivity contribution >= 4 is 33.4 Å². The van der Waals surface area contributed by atoms with E-state index in [9.17, 15) is 18.0 Å². The van der Waals surface area contributed by atoms with Crippen molar-refractivity contribution in [2.24, 2.45) is 4.99 Å². The molecule has 0 fully saturated rings. The van der Waals surface area contributed by atoms with Gasteiger partial charge in [-0.1, -0.05) is 29.8 Å². The van der Waals surface area contributed by atoms with Crippen LogP contribution in [-0.4, -0.2) is 38.3 Å². The molecule has 0 unspecified atom stereocenters. The Morgan fingerprint density at radius 2 is 1.72 bits per heavy atom. The molecule has 0 saturated heterocycles. The summed E-state index contributed by atoms with van der Waals surface area (Å²) in [6, 6.07) is 12.5. The number of anilines is 1. The molecule has 9 heteroatoms. The Labute approximate surface area is 169 Å². The molecular formula is C20H21N3O5S. The largest absolute Gasteiger partial charge is 0.451 e. The van der Waals surface area contributed by atoms with E-state index in [1.54, 1.807) is 30.3 Å². The number of amides is 1. The number of amidine groups is 1. The number of fused-ring (bicyclic) bond motifs is 1. The van der Waals surface area contributed by atoms with E-state index in [1.165, 1.54) is 19.9 Å². The number of aliphatic imine (C=N–C) groups is 1. The minimum absolute atomic E-state index is 0.0711. The van der Waals surface area contributed by atoms with Crippen LogP contribution in [0.25, 0.3) is 0 Å². The molecule has 1 heterocycles. The molecule has 0 spiro atoms. The van der Waals surface area contributed by atoms with Crippen LogP contribution in [0.3, 0.4) is 0 Å². The third-order valence-electron chi connectivity index (χ3n) is 4.31. The van der Waals surface area contributed by atoms with Crippen molar-refractivity contribution in [1.29, 1.82) is 0 Å². The highest BCUT2D eigenvalue weighted by Gasteiger charge is 2.31. The molecule has 1 aliphatic rings. The van der Waals surface area contributed by atoms with E-state index in [2.05, 4.69) is 15.0 Å². The number of benzene rings is 2. The second-order valence-electron chi connectivity index (χ2n) is 6.69. The highest BCUT2D eigenvalue weighted by molar-refractivity contribution is 7.90. The summed E-state index contributed by atoms with van der Waals surface area (Å²) in [6.07, 6.45) is -1.04. The van der Waals surface area contributed by atoms with Gasteiger partial charge >= 0.3 is 5.97 Å². The van der Waals surface area contributed by atoms with E-state index in [4.69, 9.17) is 4.74 Å². The van der Waals surface area contributed by atoms with Crippen LogP contribution < -0.4 is 10.0 Å². The first kappa shape index (κ1) is 20.5. The molecule has 0 aliphatic carbocycles. The van der Waals surface area contributed by atoms with Gasteiger partial charge in [0.2, 0.25) is 0 Å². The summed E-state index contributed by atoms with van der Waals surface area (Å²) in [7, 11) is -3.70. The maximum absolute atomic E-state index is 12.3. The van der Waals surface area contributed by atoms with Crippen molar-refractivity contribution in [2.45, 2.75) is 37.8 Å². The van der Waals surface area contributed by atoms with Crippen molar-refractivity contribution in [3.63, 3.8) is 0 Å². The number of ether oxygens (including phenoxy) is 1. The highest BCUT2D eigenvalue weighted by atomic mass is 32.2. The van der Waals surface area contributed by atoms with E-state index in [0.29, 0.717) is 11.3 Å². The second-order valence-corrected chi connectivity index (χ2v) is 8.34. The first-order valence-corrected chi connectivity index (χ1v) is 10.4. The van der Waals surface area contributed by atoms with Gasteiger partial charge in [0.15, 0.2) is 6.10 Å². The van der Waals surface area contributed by atoms with Crippen LogP contribution >= 0.6 is 0 Å². The molecule has 29 heavy (non-hydrogen) atoms. The number of aryl methyl sites for hydroxylation is 1. The fourth-order valence-corrected chi connectivity index (χ4v) is 3.92. The van der Waals surface area contributed by atoms with Crippen LogP contribution in [0.2, 0.25) is 0 Å². The van der Waals surface area contributed by atoms with Crippen LogP contribution in [0.5, 0.6) is 0 Å². The number of esters is 1. The second kappa shape index (κ2) is 8.04. The number of hydrogen-bond donors (Lipinski definition) is 2. The van der Waals surface area contributed by atoms with Crippen molar-refractivity contribution in [3.8, 4) is 0 Å². The summed E-state index contributed by atoms with van der Waals surface area (Å²) in [4.78, 5) is 28.8. The zero-order valence-corrected chi connectivity index (χ0v) is 17.0. The minimum atomic E-state index is -3.70. The Morgan fingerprint density at radius 1 is 1.07 bits per heavy atom. The zero-order chi connectivity index (χ0) is 21.2. The average molecular weight is 415 g/mol. The Kier molecular flexibility index (Phi) is 5.69. The molecule has 2 aromatic rings. The van der Waals surface area contributed by atoms with Gasteiger partial charge in [-0.15, -0.1) is 0 Å². The van der Waals surface area contributed by atoms with Gasteiger partial charge in [0.05, 0.1) is 4.90 Å². The lowest BCUT2D eigenvalue weighted by molar-refractivity contribution is -0.153. The Bertz CT molecular complexity index is 1080. The smallest absolute Gasteiger partial charge is 0.331 e. The summed E-state index contributed by atoms with van der Waals surface area (Å²) in [5.41, 5.74) is 2.03. The number of carbonyl (C=O) groups excluding carboxylic acids is 2. The molecule has 0 radical (unpaired) electrons. The van der Waals surface area contributed by atoms with Gasteiger partial charge in [0.25, 0.3) is 15.9 Å². The van der Waals surface area contributed by atoms with Gasteiger partial charge in [0, 0.05) is 11.3 Å². The summed E-state index contributed by atoms with van der Waals surface area (Å²) in [5.74, 6) is -1.15. The fourth-order valence-electron chi connectivity index (χ4n) is 2.68. The molecule has 8 nitrogen and oxygen atoms in total. The number of hydrogen-bond acceptors (Lipinski definition) is 6. The molecule has 152 valence electrons. The quantitative estimate of drug-likeness (QED) is 0.725. The van der Waals surface area contributed by atoms with Gasteiger partial charge in [0.1, 0.15) is 11.9 Å². The number of rotatable bonds is 5. The maximum Gasteiger partial charge on any atom is 0.331 e. The van der Waals surface area contributed by atoms with Gasteiger partial charge < -0.3 is 10.1 Å². The topological polar surface area (TPSA) is 114 Å². The molecule has 3 rings (SSSR count). The van der Waals surface area contributed by atoms with Gasteiger partial charge in [-0.3, -0.25) is 14.5 Å². The first-order chi connectivity index (χ1) is 13.7. The standard InChI is InChI=1S/C20H21N3O5S/c1-12-8-10-15(11-9-12)22-19(24)14(3)28-20(25)13(2)21-18-16-6-4-5-7-17(16)29(26,27)23-18/h4-11,13-14H,1-3H3,(H,21,23)(H,22,24)/t13-,14+/m0/s1. The Hall–Kier alpha value is -3.20. The summed E-state index contributed by atoms with van der Waals surface area (Å²) in [5, 5.41) is 2.67. The maximum atomic E-state index is 12.3. The van der Waals surface area contributed by atoms with Crippen molar-refractivity contribution in [1.82, 2.24) is 4.72 Å². The van der Waals surface area contributed by atoms with Gasteiger partial charge in [-0.05, 0) is 45.0 Å². The van der Waals surface area contributed by atoms with Crippen LogP contribution in [0.4, 0.5) is 5.69 Å². The average Bonchev–Trinajstić information content (AvgIpc) is 2.94. The summed E-state index contributed by atoms with van der Waals surface area (Å²) >= 11 is 0. The zero-order valence-electron chi connectivity index (χ0n) is 16.2. The van der Waals surface area contributed by atoms with Crippen LogP contribution in [-0.2, 0) is 24.3 Å². The van der Waals surface area contributed by atoms with Crippen LogP contribution in [0.1, 0.15) is 25.0 Å². The minimum Gasteiger partial charge on any atom is -0.451 e. The predicted octanol–water partition coefficient (Wildman–Crippen LogP) is 1.99. The molecule has 0 aromatic heterocycles. The van der Waals surface area contributed by atoms with E-state index in [1.807, 2.05) is 19.1 Å². The lowest BCUT2D eigenvalue weighted by Gasteiger charge is -2.15. The van der Waals surface area contributed by atoms with Gasteiger partial charge in [-0.25, -0.2) is 13.2 Å². The highest BCUT2D eigenvalue weighted by Crippen LogP contribution is 2.22. The van der Waals surface area contributed by atoms with E-state index in [0.717, 1.165) is 5.56 Å². The van der Waals surface area contributed by atoms with Crippen molar-refractivity contribution < 1.29 is 22.7 Å². The van der Waals surface area contributed by atoms with Crippen molar-refractivity contribution in [3.05, 3.63) is 59.7 Å². The third-order valence-corrected chi connectivity index (χ3v) is 5.70. The molecule has 1 aliphatic heterocycles. The Morgan fingerprint density at radius 3 is 2.41 bits per heavy atom. The van der Waals surface area contributed by atoms with Crippen molar-refractivity contribution in [2.75, 3.05) is 5.32 Å². The lowest BCUT2D eigenvalue weighted by Crippen LogP contribution is -2.33. The predicted molar refractivity (Wildman–Crippen MR) is 108 cm³/mol. The third kappa shape index (κ3) is 4.62. The summed E-state index contributed by atoms with van der Waals surface area (Å²) < 4.78 is 31.7.